The van der Waals surface area contributed by atoms with Crippen molar-refractivity contribution in [1.82, 2.24) is 15.1 Å². The summed E-state index contributed by atoms with van der Waals surface area (Å²) in [4.78, 5) is 34.1. The van der Waals surface area contributed by atoms with Gasteiger partial charge in [0, 0.05) is 38.1 Å². The van der Waals surface area contributed by atoms with Crippen LogP contribution < -0.4 is 5.32 Å². The van der Waals surface area contributed by atoms with E-state index < -0.39 is 22.7 Å². The maximum absolute atomic E-state index is 12.4. The van der Waals surface area contributed by atoms with Crippen molar-refractivity contribution >= 4 is 17.6 Å². The number of non-ortho nitro benzene ring substituents is 1. The highest BCUT2D eigenvalue weighted by Gasteiger charge is 2.30. The monoisotopic (exact) mass is 388 g/mol. The number of carboxylic acid groups (broad SMARTS) is 1. The Morgan fingerprint density at radius 1 is 1.32 bits per heavy atom. The van der Waals surface area contributed by atoms with Crippen LogP contribution in [0.1, 0.15) is 23.2 Å². The number of amides is 1. The third kappa shape index (κ3) is 4.52. The normalized spacial score (nSPS) is 15.7. The minimum Gasteiger partial charge on any atom is -0.481 e. The molecule has 0 bridgehead atoms. The molecule has 28 heavy (non-hydrogen) atoms. The van der Waals surface area contributed by atoms with Gasteiger partial charge in [0.25, 0.3) is 11.6 Å². The molecule has 2 aromatic rings. The van der Waals surface area contributed by atoms with Crippen molar-refractivity contribution in [3.8, 4) is 5.69 Å². The van der Waals surface area contributed by atoms with Gasteiger partial charge in [0.2, 0.25) is 0 Å². The lowest BCUT2D eigenvalue weighted by atomic mass is 9.86. The lowest BCUT2D eigenvalue weighted by molar-refractivity contribution is -0.384. The number of nitro groups is 1. The molecule has 1 aromatic carbocycles. The molecule has 148 valence electrons. The Balaban J connectivity index is 1.63. The summed E-state index contributed by atoms with van der Waals surface area (Å²) < 4.78 is 6.68. The molecule has 3 rings (SSSR count). The molecule has 0 radical (unpaired) electrons. The van der Waals surface area contributed by atoms with E-state index in [-0.39, 0.29) is 23.7 Å². The molecule has 2 heterocycles. The predicted molar refractivity (Wildman–Crippen MR) is 97.2 cm³/mol. The van der Waals surface area contributed by atoms with Crippen LogP contribution in [0.3, 0.4) is 0 Å². The van der Waals surface area contributed by atoms with E-state index >= 15 is 0 Å². The molecule has 0 spiro atoms. The second kappa shape index (κ2) is 8.61. The lowest BCUT2D eigenvalue weighted by Crippen LogP contribution is -2.38. The highest BCUT2D eigenvalue weighted by molar-refractivity contribution is 5.94. The number of carboxylic acids is 1. The SMILES string of the molecule is O=C(NCC(C(=O)O)C1CCOCC1)c1cnn(-c2ccc([N+](=O)[O-])cc2)c1. The molecule has 1 aliphatic rings. The van der Waals surface area contributed by atoms with Gasteiger partial charge < -0.3 is 15.2 Å². The van der Waals surface area contributed by atoms with Crippen molar-refractivity contribution in [2.24, 2.45) is 11.8 Å². The number of nitrogens with one attached hydrogen (secondary N) is 1. The fraction of sp³-hybridized carbons (Fsp3) is 0.389. The number of aromatic nitrogens is 2. The minimum atomic E-state index is -0.936. The van der Waals surface area contributed by atoms with Gasteiger partial charge in [-0.1, -0.05) is 0 Å². The Kier molecular flexibility index (Phi) is 5.99. The van der Waals surface area contributed by atoms with Crippen molar-refractivity contribution in [2.45, 2.75) is 12.8 Å². The number of carbonyl (C=O) groups excluding carboxylic acids is 1. The first-order valence-corrected chi connectivity index (χ1v) is 8.84. The van der Waals surface area contributed by atoms with Crippen LogP contribution >= 0.6 is 0 Å². The molecule has 1 atom stereocenters. The highest BCUT2D eigenvalue weighted by atomic mass is 16.6. The van der Waals surface area contributed by atoms with E-state index in [0.717, 1.165) is 0 Å². The summed E-state index contributed by atoms with van der Waals surface area (Å²) >= 11 is 0. The molecule has 1 aromatic heterocycles. The predicted octanol–water partition coefficient (Wildman–Crippen LogP) is 1.64. The van der Waals surface area contributed by atoms with Gasteiger partial charge in [0.1, 0.15) is 0 Å². The number of ether oxygens (including phenoxy) is 1. The molecule has 10 heteroatoms. The number of hydrogen-bond donors (Lipinski definition) is 2. The van der Waals surface area contributed by atoms with E-state index in [2.05, 4.69) is 10.4 Å². The first kappa shape index (κ1) is 19.5. The Hall–Kier alpha value is -3.27. The third-order valence-corrected chi connectivity index (χ3v) is 4.80. The molecule has 0 saturated carbocycles. The van der Waals surface area contributed by atoms with Crippen LogP contribution in [0.25, 0.3) is 5.69 Å². The van der Waals surface area contributed by atoms with Crippen LogP contribution in [-0.2, 0) is 9.53 Å². The van der Waals surface area contributed by atoms with Gasteiger partial charge in [-0.25, -0.2) is 4.68 Å². The summed E-state index contributed by atoms with van der Waals surface area (Å²) in [6, 6.07) is 5.75. The average Bonchev–Trinajstić information content (AvgIpc) is 3.19. The van der Waals surface area contributed by atoms with Crippen molar-refractivity contribution in [3.05, 3.63) is 52.3 Å². The fourth-order valence-electron chi connectivity index (χ4n) is 3.19. The molecule has 1 fully saturated rings. The number of carbonyl (C=O) groups is 2. The Morgan fingerprint density at radius 3 is 2.61 bits per heavy atom. The van der Waals surface area contributed by atoms with Crippen LogP contribution in [0.2, 0.25) is 0 Å². The molecule has 2 N–H and O–H groups in total. The molecule has 10 nitrogen and oxygen atoms in total. The van der Waals surface area contributed by atoms with Crippen LogP contribution in [0.5, 0.6) is 0 Å². The molecule has 1 unspecified atom stereocenters. The number of nitro benzene ring substituents is 1. The average molecular weight is 388 g/mol. The van der Waals surface area contributed by atoms with Gasteiger partial charge in [-0.3, -0.25) is 19.7 Å². The van der Waals surface area contributed by atoms with E-state index in [1.807, 2.05) is 0 Å². The third-order valence-electron chi connectivity index (χ3n) is 4.80. The maximum atomic E-state index is 12.4. The number of rotatable bonds is 7. The molecule has 1 amide bonds. The van der Waals surface area contributed by atoms with Crippen molar-refractivity contribution in [1.29, 1.82) is 0 Å². The molecular weight excluding hydrogens is 368 g/mol. The van der Waals surface area contributed by atoms with Crippen molar-refractivity contribution in [2.75, 3.05) is 19.8 Å². The van der Waals surface area contributed by atoms with Crippen molar-refractivity contribution in [3.63, 3.8) is 0 Å². The number of nitrogens with zero attached hydrogens (tertiary/aromatic N) is 3. The Bertz CT molecular complexity index is 857. The molecular formula is C18H20N4O6. The zero-order valence-electron chi connectivity index (χ0n) is 15.0. The minimum absolute atomic E-state index is 0.0293. The highest BCUT2D eigenvalue weighted by Crippen LogP contribution is 2.24. The van der Waals surface area contributed by atoms with E-state index in [0.29, 0.717) is 31.7 Å². The van der Waals surface area contributed by atoms with Crippen molar-refractivity contribution < 1.29 is 24.4 Å². The van der Waals surface area contributed by atoms with E-state index in [9.17, 15) is 24.8 Å². The number of benzene rings is 1. The van der Waals surface area contributed by atoms with Gasteiger partial charge in [-0.05, 0) is 30.9 Å². The summed E-state index contributed by atoms with van der Waals surface area (Å²) in [5.74, 6) is -2.06. The standard InChI is InChI=1S/C18H20N4O6/c23-17(19-10-16(18(24)25)12-5-7-28-8-6-12)13-9-20-21(11-13)14-1-3-15(4-2-14)22(26)27/h1-4,9,11-12,16H,5-8,10H2,(H,19,23)(H,24,25). The summed E-state index contributed by atoms with van der Waals surface area (Å²) in [5, 5.41) is 26.9. The van der Waals surface area contributed by atoms with Gasteiger partial charge in [0.05, 0.1) is 28.3 Å². The maximum Gasteiger partial charge on any atom is 0.308 e. The summed E-state index contributed by atoms with van der Waals surface area (Å²) in [6.07, 6.45) is 4.16. The van der Waals surface area contributed by atoms with Crippen LogP contribution in [0, 0.1) is 22.0 Å². The second-order valence-electron chi connectivity index (χ2n) is 6.55. The Labute approximate surface area is 160 Å². The van der Waals surface area contributed by atoms with E-state index in [4.69, 9.17) is 4.74 Å². The van der Waals surface area contributed by atoms with Crippen LogP contribution in [0.15, 0.2) is 36.7 Å². The largest absolute Gasteiger partial charge is 0.481 e. The van der Waals surface area contributed by atoms with E-state index in [1.165, 1.54) is 41.3 Å². The van der Waals surface area contributed by atoms with Gasteiger partial charge in [-0.15, -0.1) is 0 Å². The first-order chi connectivity index (χ1) is 13.5. The smallest absolute Gasteiger partial charge is 0.308 e. The lowest BCUT2D eigenvalue weighted by Gasteiger charge is -2.27. The summed E-state index contributed by atoms with van der Waals surface area (Å²) in [7, 11) is 0. The van der Waals surface area contributed by atoms with Crippen LogP contribution in [-0.4, -0.2) is 51.4 Å². The topological polar surface area (TPSA) is 137 Å². The first-order valence-electron chi connectivity index (χ1n) is 8.84. The Morgan fingerprint density at radius 2 is 2.00 bits per heavy atom. The molecule has 1 aliphatic heterocycles. The van der Waals surface area contributed by atoms with Gasteiger partial charge in [-0.2, -0.15) is 5.10 Å². The summed E-state index contributed by atoms with van der Waals surface area (Å²) in [5.41, 5.74) is 0.798. The zero-order valence-corrected chi connectivity index (χ0v) is 15.0. The summed E-state index contributed by atoms with van der Waals surface area (Å²) in [6.45, 7) is 1.09. The number of hydrogen-bond acceptors (Lipinski definition) is 6. The zero-order chi connectivity index (χ0) is 20.1. The second-order valence-corrected chi connectivity index (χ2v) is 6.55. The van der Waals surface area contributed by atoms with Crippen LogP contribution in [0.4, 0.5) is 5.69 Å². The van der Waals surface area contributed by atoms with Gasteiger partial charge >= 0.3 is 5.97 Å². The fourth-order valence-corrected chi connectivity index (χ4v) is 3.19. The van der Waals surface area contributed by atoms with E-state index in [1.54, 1.807) is 0 Å². The quantitative estimate of drug-likeness (QED) is 0.543. The molecule has 0 aliphatic carbocycles. The molecule has 1 saturated heterocycles. The van der Waals surface area contributed by atoms with Gasteiger partial charge in [0.15, 0.2) is 0 Å². The number of aliphatic carboxylic acids is 1.